The molecule has 0 atom stereocenters. The number of fused-ring (bicyclic) bond motifs is 1. The highest BCUT2D eigenvalue weighted by atomic mass is 19.1. The van der Waals surface area contributed by atoms with Crippen LogP contribution >= 0.6 is 0 Å². The zero-order chi connectivity index (χ0) is 21.9. The smallest absolute Gasteiger partial charge is 0.223 e. The summed E-state index contributed by atoms with van der Waals surface area (Å²) in [5.74, 6) is 1.55. The molecule has 2 fully saturated rings. The molecule has 0 saturated carbocycles. The molecule has 2 saturated heterocycles. The summed E-state index contributed by atoms with van der Waals surface area (Å²) in [4.78, 5) is 19.2. The highest BCUT2D eigenvalue weighted by Crippen LogP contribution is 2.19. The van der Waals surface area contributed by atoms with Crippen molar-refractivity contribution in [2.24, 2.45) is 0 Å². The van der Waals surface area contributed by atoms with Gasteiger partial charge < -0.3 is 14.7 Å². The number of carbonyl (C=O) groups excluding carboxylic acids is 1. The fraction of sp³-hybridized carbons (Fsp3) is 0.478. The molecule has 2 aromatic heterocycles. The number of hydrogen-bond donors (Lipinski definition) is 0. The Morgan fingerprint density at radius 2 is 1.59 bits per heavy atom. The average molecular weight is 438 g/mol. The summed E-state index contributed by atoms with van der Waals surface area (Å²) < 4.78 is 14.9. The summed E-state index contributed by atoms with van der Waals surface area (Å²) in [5, 5.41) is 13.3. The van der Waals surface area contributed by atoms with Crippen molar-refractivity contribution in [3.05, 3.63) is 48.0 Å². The Morgan fingerprint density at radius 3 is 2.34 bits per heavy atom. The number of aromatic nitrogens is 4. The Bertz CT molecular complexity index is 1070. The predicted molar refractivity (Wildman–Crippen MR) is 120 cm³/mol. The van der Waals surface area contributed by atoms with Gasteiger partial charge in [0.2, 0.25) is 5.91 Å². The first-order chi connectivity index (χ1) is 15.7. The van der Waals surface area contributed by atoms with Crippen LogP contribution in [0.5, 0.6) is 0 Å². The summed E-state index contributed by atoms with van der Waals surface area (Å²) in [5.41, 5.74) is 1.70. The van der Waals surface area contributed by atoms with Crippen LogP contribution in [-0.4, -0.2) is 69.9 Å². The zero-order valence-corrected chi connectivity index (χ0v) is 18.2. The molecule has 1 amide bonds. The normalized spacial score (nSPS) is 17.2. The number of aryl methyl sites for hydroxylation is 1. The first-order valence-electron chi connectivity index (χ1n) is 11.4. The first kappa shape index (κ1) is 20.7. The molecular weight excluding hydrogens is 409 g/mol. The summed E-state index contributed by atoms with van der Waals surface area (Å²) in [6, 6.07) is 10.5. The minimum Gasteiger partial charge on any atom is -0.368 e. The van der Waals surface area contributed by atoms with E-state index in [1.165, 1.54) is 31.4 Å². The lowest BCUT2D eigenvalue weighted by Crippen LogP contribution is -2.48. The lowest BCUT2D eigenvalue weighted by atomic mass is 10.1. The lowest BCUT2D eigenvalue weighted by molar-refractivity contribution is -0.131. The maximum Gasteiger partial charge on any atom is 0.223 e. The van der Waals surface area contributed by atoms with Crippen molar-refractivity contribution in [3.8, 4) is 0 Å². The van der Waals surface area contributed by atoms with Crippen LogP contribution in [0.2, 0.25) is 0 Å². The zero-order valence-electron chi connectivity index (χ0n) is 18.2. The third kappa shape index (κ3) is 4.37. The number of halogens is 1. The number of amides is 1. The molecule has 2 aliphatic heterocycles. The quantitative estimate of drug-likeness (QED) is 0.611. The van der Waals surface area contributed by atoms with E-state index in [0.29, 0.717) is 31.6 Å². The van der Waals surface area contributed by atoms with Gasteiger partial charge >= 0.3 is 0 Å². The van der Waals surface area contributed by atoms with E-state index in [2.05, 4.69) is 20.0 Å². The molecule has 0 radical (unpaired) electrons. The second-order valence-electron chi connectivity index (χ2n) is 8.47. The van der Waals surface area contributed by atoms with Gasteiger partial charge in [-0.25, -0.2) is 4.39 Å². The summed E-state index contributed by atoms with van der Waals surface area (Å²) in [6.45, 7) is 4.86. The number of carbonyl (C=O) groups is 1. The maximum absolute atomic E-state index is 13.1. The van der Waals surface area contributed by atoms with Gasteiger partial charge in [0.1, 0.15) is 11.6 Å². The van der Waals surface area contributed by atoms with E-state index in [4.69, 9.17) is 5.10 Å². The molecule has 8 nitrogen and oxygen atoms in total. The number of hydrogen-bond acceptors (Lipinski definition) is 6. The van der Waals surface area contributed by atoms with Crippen LogP contribution in [0.1, 0.15) is 31.5 Å². The van der Waals surface area contributed by atoms with Gasteiger partial charge in [0.25, 0.3) is 0 Å². The van der Waals surface area contributed by atoms with Gasteiger partial charge in [-0.2, -0.15) is 4.52 Å². The van der Waals surface area contributed by atoms with E-state index in [-0.39, 0.29) is 11.7 Å². The minimum atomic E-state index is -0.235. The van der Waals surface area contributed by atoms with Crippen molar-refractivity contribution < 1.29 is 9.18 Å². The highest BCUT2D eigenvalue weighted by molar-refractivity contribution is 5.76. The molecule has 0 N–H and O–H groups in total. The number of anilines is 2. The van der Waals surface area contributed by atoms with Gasteiger partial charge in [-0.05, 0) is 55.7 Å². The van der Waals surface area contributed by atoms with Crippen LogP contribution in [-0.2, 0) is 11.2 Å². The molecule has 4 heterocycles. The van der Waals surface area contributed by atoms with Crippen molar-refractivity contribution in [2.45, 2.75) is 32.1 Å². The summed E-state index contributed by atoms with van der Waals surface area (Å²) in [6.07, 6.45) is 4.55. The fourth-order valence-corrected chi connectivity index (χ4v) is 4.51. The molecule has 1 aromatic carbocycles. The molecule has 0 bridgehead atoms. The third-order valence-electron chi connectivity index (χ3n) is 6.38. The lowest BCUT2D eigenvalue weighted by Gasteiger charge is -2.36. The Labute approximate surface area is 186 Å². The van der Waals surface area contributed by atoms with Gasteiger partial charge in [-0.3, -0.25) is 4.79 Å². The number of piperazine rings is 1. The van der Waals surface area contributed by atoms with Crippen LogP contribution < -0.4 is 9.80 Å². The van der Waals surface area contributed by atoms with Gasteiger partial charge in [0.15, 0.2) is 11.5 Å². The monoisotopic (exact) mass is 437 g/mol. The van der Waals surface area contributed by atoms with E-state index >= 15 is 0 Å². The van der Waals surface area contributed by atoms with Crippen LogP contribution in [0.3, 0.4) is 0 Å². The minimum absolute atomic E-state index is 0.118. The Morgan fingerprint density at radius 1 is 0.844 bits per heavy atom. The Balaban J connectivity index is 1.18. The first-order valence-corrected chi connectivity index (χ1v) is 11.4. The molecule has 0 spiro atoms. The summed E-state index contributed by atoms with van der Waals surface area (Å²) >= 11 is 0. The average Bonchev–Trinajstić information content (AvgIpc) is 3.26. The number of rotatable bonds is 5. The molecule has 3 aromatic rings. The predicted octanol–water partition coefficient (Wildman–Crippen LogP) is 2.54. The van der Waals surface area contributed by atoms with Gasteiger partial charge in [-0.1, -0.05) is 0 Å². The van der Waals surface area contributed by atoms with Crippen molar-refractivity contribution in [3.63, 3.8) is 0 Å². The maximum atomic E-state index is 13.1. The van der Waals surface area contributed by atoms with Crippen LogP contribution in [0.15, 0.2) is 36.4 Å². The topological polar surface area (TPSA) is 69.9 Å². The number of nitrogens with zero attached hydrogens (tertiary/aromatic N) is 7. The fourth-order valence-electron chi connectivity index (χ4n) is 4.51. The van der Waals surface area contributed by atoms with Crippen LogP contribution in [0, 0.1) is 5.82 Å². The molecule has 2 aliphatic rings. The molecule has 32 heavy (non-hydrogen) atoms. The standard InChI is InChI=1S/C23H28FN7O/c24-18-4-6-19(7-5-18)28-14-16-30(17-15-28)23(32)11-10-21-26-25-20-8-9-22(27-31(20)21)29-12-2-1-3-13-29/h4-9H,1-3,10-17H2. The third-order valence-corrected chi connectivity index (χ3v) is 6.38. The van der Waals surface area contributed by atoms with Crippen molar-refractivity contribution in [2.75, 3.05) is 49.1 Å². The number of piperidine rings is 1. The Hall–Kier alpha value is -3.23. The highest BCUT2D eigenvalue weighted by Gasteiger charge is 2.22. The molecule has 9 heteroatoms. The SMILES string of the molecule is O=C(CCc1nnc2ccc(N3CCCCC3)nn12)N1CCN(c2ccc(F)cc2)CC1. The van der Waals surface area contributed by atoms with Gasteiger partial charge in [-0.15, -0.1) is 15.3 Å². The largest absolute Gasteiger partial charge is 0.368 e. The molecule has 0 unspecified atom stereocenters. The van der Waals surface area contributed by atoms with E-state index in [1.807, 2.05) is 17.0 Å². The molecule has 0 aliphatic carbocycles. The molecule has 168 valence electrons. The van der Waals surface area contributed by atoms with E-state index in [0.717, 1.165) is 43.5 Å². The summed E-state index contributed by atoms with van der Waals surface area (Å²) in [7, 11) is 0. The molecular formula is C23H28FN7O. The van der Waals surface area contributed by atoms with Crippen molar-refractivity contribution in [1.29, 1.82) is 0 Å². The van der Waals surface area contributed by atoms with Crippen LogP contribution in [0.25, 0.3) is 5.65 Å². The van der Waals surface area contributed by atoms with Gasteiger partial charge in [0.05, 0.1) is 0 Å². The van der Waals surface area contributed by atoms with Crippen molar-refractivity contribution >= 4 is 23.1 Å². The second-order valence-corrected chi connectivity index (χ2v) is 8.47. The second kappa shape index (κ2) is 9.10. The number of benzene rings is 1. The van der Waals surface area contributed by atoms with Crippen LogP contribution in [0.4, 0.5) is 15.9 Å². The van der Waals surface area contributed by atoms with E-state index in [9.17, 15) is 9.18 Å². The van der Waals surface area contributed by atoms with Crippen molar-refractivity contribution in [1.82, 2.24) is 24.7 Å². The van der Waals surface area contributed by atoms with E-state index in [1.54, 1.807) is 16.6 Å². The van der Waals surface area contributed by atoms with E-state index < -0.39 is 0 Å². The molecule has 5 rings (SSSR count). The Kier molecular flexibility index (Phi) is 5.87. The van der Waals surface area contributed by atoms with Gasteiger partial charge in [0, 0.05) is 57.8 Å².